The van der Waals surface area contributed by atoms with Crippen molar-refractivity contribution in [1.82, 2.24) is 5.32 Å². The van der Waals surface area contributed by atoms with E-state index in [0.717, 1.165) is 6.26 Å². The van der Waals surface area contributed by atoms with Gasteiger partial charge in [0.25, 0.3) is 10.1 Å². The molecule has 3 N–H and O–H groups in total. The van der Waals surface area contributed by atoms with Crippen LogP contribution in [0.1, 0.15) is 35.0 Å². The van der Waals surface area contributed by atoms with Crippen LogP contribution in [0.2, 0.25) is 0 Å². The van der Waals surface area contributed by atoms with Crippen LogP contribution >= 0.6 is 0 Å². The van der Waals surface area contributed by atoms with E-state index in [2.05, 4.69) is 10.1 Å². The highest BCUT2D eigenvalue weighted by Crippen LogP contribution is 2.24. The Labute approximate surface area is 155 Å². The Kier molecular flexibility index (Phi) is 6.46. The fourth-order valence-corrected chi connectivity index (χ4v) is 3.25. The first kappa shape index (κ1) is 20.7. The van der Waals surface area contributed by atoms with E-state index in [1.165, 1.54) is 24.3 Å². The summed E-state index contributed by atoms with van der Waals surface area (Å²) in [6.07, 6.45) is 0.289. The zero-order valence-corrected chi connectivity index (χ0v) is 15.2. The molecule has 1 aromatic rings. The van der Waals surface area contributed by atoms with Crippen molar-refractivity contribution in [2.24, 2.45) is 5.73 Å². The number of hydrogen-bond acceptors (Lipinski definition) is 9. The lowest BCUT2D eigenvalue weighted by molar-refractivity contribution is -0.574. The molecular weight excluding hydrogens is 382 g/mol. The number of nitro groups is 1. The minimum atomic E-state index is -3.42. The van der Waals surface area contributed by atoms with Gasteiger partial charge in [-0.05, 0) is 37.1 Å². The molecule has 3 aliphatic rings. The maximum Gasteiger partial charge on any atom is 0.383 e. The van der Waals surface area contributed by atoms with Gasteiger partial charge >= 0.3 is 12.2 Å². The number of amides is 1. The monoisotopic (exact) mass is 401 g/mol. The molecular formula is C15H19N3O8S. The standard InChI is InChI=1S/C8H5NO4.C7H14N2O4S/c10-8-6-3-1-5(2-4-6)7(13-8)9(11)12;1-14(11,12)13-5-2-3-6(7(8)10)9-4-5/h1-4,7H;5-6,9H,2-4H2,1H3,(H2,8,10). The van der Waals surface area contributed by atoms with E-state index in [1.807, 2.05) is 0 Å². The molecule has 0 aromatic heterocycles. The molecule has 3 unspecified atom stereocenters. The number of nitrogens with two attached hydrogens (primary N) is 1. The molecule has 1 amide bonds. The van der Waals surface area contributed by atoms with Crippen LogP contribution in [-0.4, -0.2) is 50.2 Å². The summed E-state index contributed by atoms with van der Waals surface area (Å²) in [5, 5.41) is 13.3. The summed E-state index contributed by atoms with van der Waals surface area (Å²) >= 11 is 0. The molecule has 0 radical (unpaired) electrons. The number of nitrogens with zero attached hydrogens (tertiary/aromatic N) is 1. The second kappa shape index (κ2) is 8.41. The Bertz CT molecular complexity index is 816. The van der Waals surface area contributed by atoms with Crippen molar-refractivity contribution in [3.05, 3.63) is 45.5 Å². The second-order valence-corrected chi connectivity index (χ2v) is 7.63. The van der Waals surface area contributed by atoms with Gasteiger partial charge in [0, 0.05) is 6.54 Å². The number of fused-ring (bicyclic) bond motifs is 4. The van der Waals surface area contributed by atoms with Gasteiger partial charge < -0.3 is 15.8 Å². The van der Waals surface area contributed by atoms with Crippen LogP contribution in [0.3, 0.4) is 0 Å². The first-order valence-corrected chi connectivity index (χ1v) is 9.74. The Morgan fingerprint density at radius 2 is 1.96 bits per heavy atom. The first-order valence-electron chi connectivity index (χ1n) is 7.92. The van der Waals surface area contributed by atoms with Crippen molar-refractivity contribution in [2.45, 2.75) is 31.2 Å². The van der Waals surface area contributed by atoms with Gasteiger partial charge in [0.1, 0.15) is 0 Å². The summed E-state index contributed by atoms with van der Waals surface area (Å²) in [5.41, 5.74) is 5.81. The maximum atomic E-state index is 11.1. The smallest absolute Gasteiger partial charge is 0.383 e. The lowest BCUT2D eigenvalue weighted by atomic mass is 10.0. The van der Waals surface area contributed by atoms with Gasteiger partial charge in [-0.15, -0.1) is 0 Å². The number of benzene rings is 1. The molecule has 1 fully saturated rings. The van der Waals surface area contributed by atoms with E-state index < -0.39 is 33.1 Å². The SMILES string of the molecule is CS(=O)(=O)OC1CCC(C(N)=O)NC1.O=C1OC([N+](=O)[O-])c2ccc1cc2. The van der Waals surface area contributed by atoms with Crippen molar-refractivity contribution in [1.29, 1.82) is 0 Å². The Morgan fingerprint density at radius 3 is 2.41 bits per heavy atom. The average molecular weight is 401 g/mol. The number of nitrogens with one attached hydrogen (secondary N) is 1. The molecule has 11 nitrogen and oxygen atoms in total. The normalized spacial score (nSPS) is 24.2. The third kappa shape index (κ3) is 5.98. The van der Waals surface area contributed by atoms with Gasteiger partial charge in [-0.3, -0.25) is 19.1 Å². The summed E-state index contributed by atoms with van der Waals surface area (Å²) in [6, 6.07) is 5.71. The highest BCUT2D eigenvalue weighted by atomic mass is 32.2. The lowest BCUT2D eigenvalue weighted by Gasteiger charge is -2.26. The van der Waals surface area contributed by atoms with E-state index in [4.69, 9.17) is 9.92 Å². The van der Waals surface area contributed by atoms with Crippen molar-refractivity contribution in [2.75, 3.05) is 12.8 Å². The number of carbonyl (C=O) groups excluding carboxylic acids is 2. The van der Waals surface area contributed by atoms with Gasteiger partial charge in [-0.25, -0.2) is 4.79 Å². The van der Waals surface area contributed by atoms with Crippen molar-refractivity contribution in [3.8, 4) is 0 Å². The number of esters is 1. The van der Waals surface area contributed by atoms with Gasteiger partial charge in [-0.2, -0.15) is 8.42 Å². The quantitative estimate of drug-likeness (QED) is 0.298. The van der Waals surface area contributed by atoms with Crippen molar-refractivity contribution in [3.63, 3.8) is 0 Å². The highest BCUT2D eigenvalue weighted by Gasteiger charge is 2.31. The van der Waals surface area contributed by atoms with Crippen LogP contribution < -0.4 is 11.1 Å². The first-order chi connectivity index (χ1) is 12.6. The van der Waals surface area contributed by atoms with Crippen LogP contribution in [-0.2, 0) is 23.8 Å². The Balaban J connectivity index is 0.000000194. The van der Waals surface area contributed by atoms with Crippen LogP contribution in [0, 0.1) is 10.1 Å². The van der Waals surface area contributed by atoms with Gasteiger partial charge in [-0.1, -0.05) is 0 Å². The third-order valence-corrected chi connectivity index (χ3v) is 4.49. The predicted octanol–water partition coefficient (Wildman–Crippen LogP) is -0.299. The zero-order chi connectivity index (χ0) is 20.2. The topological polar surface area (TPSA) is 168 Å². The summed E-state index contributed by atoms with van der Waals surface area (Å²) < 4.78 is 30.9. The third-order valence-electron chi connectivity index (χ3n) is 3.87. The minimum Gasteiger partial charge on any atom is -0.390 e. The molecule has 148 valence electrons. The van der Waals surface area contributed by atoms with Gasteiger partial charge in [0.05, 0.1) is 34.5 Å². The van der Waals surface area contributed by atoms with E-state index in [1.54, 1.807) is 0 Å². The van der Waals surface area contributed by atoms with Crippen molar-refractivity contribution < 1.29 is 31.9 Å². The fourth-order valence-electron chi connectivity index (χ4n) is 2.59. The molecule has 3 atom stereocenters. The largest absolute Gasteiger partial charge is 0.390 e. The molecule has 0 aliphatic carbocycles. The number of primary amides is 1. The molecule has 4 rings (SSSR count). The fraction of sp³-hybridized carbons (Fsp3) is 0.467. The van der Waals surface area contributed by atoms with Crippen LogP contribution in [0.15, 0.2) is 24.3 Å². The minimum absolute atomic E-state index is 0.334. The van der Waals surface area contributed by atoms with Crippen molar-refractivity contribution >= 4 is 22.0 Å². The van der Waals surface area contributed by atoms with E-state index in [0.29, 0.717) is 30.5 Å². The average Bonchev–Trinajstić information content (AvgIpc) is 2.84. The number of rotatable bonds is 4. The molecule has 0 saturated carbocycles. The summed E-state index contributed by atoms with van der Waals surface area (Å²) in [5.74, 6) is -1.07. The molecule has 0 spiro atoms. The number of ether oxygens (including phenoxy) is 1. The highest BCUT2D eigenvalue weighted by molar-refractivity contribution is 7.86. The van der Waals surface area contributed by atoms with E-state index in [9.17, 15) is 28.1 Å². The summed E-state index contributed by atoms with van der Waals surface area (Å²) in [6.45, 7) is 0.334. The predicted molar refractivity (Wildman–Crippen MR) is 91.5 cm³/mol. The molecule has 1 aromatic carbocycles. The van der Waals surface area contributed by atoms with Gasteiger partial charge in [0.2, 0.25) is 5.91 Å². The van der Waals surface area contributed by atoms with E-state index >= 15 is 0 Å². The molecule has 12 heteroatoms. The molecule has 27 heavy (non-hydrogen) atoms. The summed E-state index contributed by atoms with van der Waals surface area (Å²) in [7, 11) is -3.42. The van der Waals surface area contributed by atoms with Gasteiger partial charge in [0.15, 0.2) is 0 Å². The number of hydrogen-bond donors (Lipinski definition) is 2. The number of carbonyl (C=O) groups is 2. The maximum absolute atomic E-state index is 11.1. The summed E-state index contributed by atoms with van der Waals surface area (Å²) in [4.78, 5) is 31.7. The molecule has 2 bridgehead atoms. The second-order valence-electron chi connectivity index (χ2n) is 6.03. The molecule has 3 heterocycles. The van der Waals surface area contributed by atoms with E-state index in [-0.39, 0.29) is 12.1 Å². The van der Waals surface area contributed by atoms with Crippen LogP contribution in [0.5, 0.6) is 0 Å². The zero-order valence-electron chi connectivity index (χ0n) is 14.4. The lowest BCUT2D eigenvalue weighted by Crippen LogP contribution is -2.49. The Hall–Kier alpha value is -2.57. The van der Waals surface area contributed by atoms with Crippen LogP contribution in [0.25, 0.3) is 0 Å². The molecule has 3 aliphatic heterocycles. The molecule has 1 saturated heterocycles. The van der Waals surface area contributed by atoms with Crippen LogP contribution in [0.4, 0.5) is 0 Å². The Morgan fingerprint density at radius 1 is 1.33 bits per heavy atom. The number of piperidine rings is 1.